The highest BCUT2D eigenvalue weighted by Crippen LogP contribution is 2.31. The number of carbonyl (C=O) groups excluding carboxylic acids is 1. The fraction of sp³-hybridized carbons (Fsp3) is 0.0244. The molecule has 25 heteroatoms. The first kappa shape index (κ1) is 48.4. The van der Waals surface area contributed by atoms with Crippen LogP contribution in [0.4, 0.5) is 96.6 Å². The van der Waals surface area contributed by atoms with Crippen molar-refractivity contribution in [3.8, 4) is 0 Å². The Kier molecular flexibility index (Phi) is 13.0. The van der Waals surface area contributed by atoms with E-state index in [1.54, 1.807) is 54.6 Å². The van der Waals surface area contributed by atoms with Gasteiger partial charge in [0.05, 0.1) is 11.5 Å². The predicted octanol–water partition coefficient (Wildman–Crippen LogP) is 9.13. The number of carbonyl (C=O) groups is 1. The minimum absolute atomic E-state index is 0.291. The van der Waals surface area contributed by atoms with Gasteiger partial charge in [-0.15, -0.1) is 35.2 Å². The van der Waals surface area contributed by atoms with Crippen LogP contribution in [0.15, 0.2) is 60.7 Å². The normalized spacial score (nSPS) is 11.6. The number of fused-ring (bicyclic) bond motifs is 1. The van der Waals surface area contributed by atoms with Gasteiger partial charge in [-0.3, -0.25) is 4.79 Å². The van der Waals surface area contributed by atoms with Gasteiger partial charge in [0.25, 0.3) is 0 Å². The lowest BCUT2D eigenvalue weighted by Crippen LogP contribution is -2.81. The molecule has 0 atom stereocenters. The van der Waals surface area contributed by atoms with Gasteiger partial charge in [-0.2, -0.15) is 0 Å². The average molecular weight is 963 g/mol. The van der Waals surface area contributed by atoms with Crippen LogP contribution in [0.3, 0.4) is 0 Å². The molecule has 1 aromatic heterocycles. The Morgan fingerprint density at radius 3 is 0.955 bits per heavy atom. The maximum absolute atomic E-state index is 15.4. The third kappa shape index (κ3) is 7.32. The highest BCUT2D eigenvalue weighted by atomic mass is 19.2. The lowest BCUT2D eigenvalue weighted by Gasteiger charge is -2.44. The van der Waals surface area contributed by atoms with E-state index in [4.69, 9.17) is 0 Å². The van der Waals surface area contributed by atoms with Crippen LogP contribution in [0.25, 0.3) is 10.8 Å². The average Bonchev–Trinajstić information content (AvgIpc) is 3.30. The van der Waals surface area contributed by atoms with E-state index in [1.807, 2.05) is 0 Å². The van der Waals surface area contributed by atoms with Crippen LogP contribution in [-0.4, -0.2) is 11.9 Å². The third-order valence-corrected chi connectivity index (χ3v) is 10.1. The lowest BCUT2D eigenvalue weighted by molar-refractivity contribution is -0.735. The van der Waals surface area contributed by atoms with Gasteiger partial charge in [-0.05, 0) is 6.07 Å². The first-order valence-corrected chi connectivity index (χ1v) is 17.4. The quantitative estimate of drug-likeness (QED) is 0.0297. The summed E-state index contributed by atoms with van der Waals surface area (Å²) in [6.45, 7) is -0.369. The Bertz CT molecular complexity index is 2780. The standard InChI is InChI=1S/C24BF20.C17H12F2NO/c26-5-1(6(27)14(35)21(42)13(5)34)25(2-7(28)15(36)22(43)16(37)8(2)29,3-9(30)17(38)23(44)18(39)10(3)31)4-11(32)19(40)24(45)20(41)12(4)33;18-16-10-13-8-4-5-9-14(13)17(19)20(16)11-15(21)12-6-2-1-3-7-12/h;1-10H,11H2/q-1;+1. The second kappa shape index (κ2) is 17.7. The molecule has 7 aromatic rings. The Morgan fingerprint density at radius 2 is 0.636 bits per heavy atom. The lowest BCUT2D eigenvalue weighted by atomic mass is 9.12. The maximum Gasteiger partial charge on any atom is 0.370 e. The molecule has 0 bridgehead atoms. The molecule has 0 amide bonds. The number of hydrogen-bond acceptors (Lipinski definition) is 1. The number of hydrogen-bond donors (Lipinski definition) is 0. The van der Waals surface area contributed by atoms with Crippen LogP contribution < -0.4 is 26.4 Å². The van der Waals surface area contributed by atoms with Gasteiger partial charge in [-0.1, -0.05) is 48.5 Å². The van der Waals surface area contributed by atoms with E-state index < -0.39 is 156 Å². The molecule has 2 nitrogen and oxygen atoms in total. The van der Waals surface area contributed by atoms with Gasteiger partial charge in [0.2, 0.25) is 12.3 Å². The molecule has 0 aliphatic carbocycles. The zero-order valence-corrected chi connectivity index (χ0v) is 31.2. The summed E-state index contributed by atoms with van der Waals surface area (Å²) in [5.74, 6) is -73.3. The van der Waals surface area contributed by atoms with Crippen LogP contribution >= 0.6 is 0 Å². The highest BCUT2D eigenvalue weighted by molar-refractivity contribution is 7.20. The zero-order chi connectivity index (χ0) is 49.2. The molecule has 1 heterocycles. The molecule has 0 saturated heterocycles. The van der Waals surface area contributed by atoms with E-state index in [0.29, 0.717) is 16.3 Å². The van der Waals surface area contributed by atoms with Crippen LogP contribution in [0.1, 0.15) is 10.4 Å². The first-order chi connectivity index (χ1) is 30.9. The van der Waals surface area contributed by atoms with Crippen molar-refractivity contribution in [1.29, 1.82) is 0 Å². The summed E-state index contributed by atoms with van der Waals surface area (Å²) in [5, 5.41) is 0.760. The number of rotatable bonds is 7. The summed E-state index contributed by atoms with van der Waals surface area (Å²) in [5.41, 5.74) is -13.9. The van der Waals surface area contributed by atoms with Crippen LogP contribution in [0.2, 0.25) is 0 Å². The van der Waals surface area contributed by atoms with Crippen molar-refractivity contribution < 1.29 is 106 Å². The molecule has 0 aliphatic heterocycles. The van der Waals surface area contributed by atoms with Gasteiger partial charge in [0.1, 0.15) is 52.7 Å². The molecule has 7 rings (SSSR count). The van der Waals surface area contributed by atoms with E-state index in [2.05, 4.69) is 0 Å². The number of nitrogens with zero attached hydrogens (tertiary/aromatic N) is 1. The number of Topliss-reactive ketones (excluding diaryl/α,β-unsaturated/α-hetero) is 1. The van der Waals surface area contributed by atoms with Crippen LogP contribution in [0, 0.1) is 128 Å². The van der Waals surface area contributed by atoms with E-state index in [0.717, 1.165) is 4.57 Å². The van der Waals surface area contributed by atoms with Gasteiger partial charge in [0.15, 0.2) is 69.8 Å². The molecule has 0 N–H and O–H groups in total. The van der Waals surface area contributed by atoms with Gasteiger partial charge < -0.3 is 0 Å². The number of halogens is 22. The summed E-state index contributed by atoms with van der Waals surface area (Å²) < 4.78 is 323. The zero-order valence-electron chi connectivity index (χ0n) is 31.2. The molecule has 0 fully saturated rings. The predicted molar refractivity (Wildman–Crippen MR) is 184 cm³/mol. The van der Waals surface area contributed by atoms with E-state index in [1.165, 1.54) is 6.07 Å². The van der Waals surface area contributed by atoms with Gasteiger partial charge in [0, 0.05) is 10.9 Å². The summed E-state index contributed by atoms with van der Waals surface area (Å²) in [6.07, 6.45) is -7.22. The maximum atomic E-state index is 15.4. The van der Waals surface area contributed by atoms with Gasteiger partial charge in [-0.25, -0.2) is 87.8 Å². The highest BCUT2D eigenvalue weighted by Gasteiger charge is 2.52. The Balaban J connectivity index is 0.000000284. The van der Waals surface area contributed by atoms with Crippen molar-refractivity contribution in [2.45, 2.75) is 6.54 Å². The molecule has 344 valence electrons. The smallest absolute Gasteiger partial charge is 0.287 e. The second-order valence-corrected chi connectivity index (χ2v) is 13.5. The summed E-state index contributed by atoms with van der Waals surface area (Å²) in [6, 6.07) is 16.3. The van der Waals surface area contributed by atoms with E-state index in [9.17, 15) is 66.3 Å². The van der Waals surface area contributed by atoms with E-state index in [-0.39, 0.29) is 12.3 Å². The largest absolute Gasteiger partial charge is 0.370 e. The Morgan fingerprint density at radius 1 is 0.364 bits per heavy atom. The first-order valence-electron chi connectivity index (χ1n) is 17.4. The second-order valence-electron chi connectivity index (χ2n) is 13.5. The Hall–Kier alpha value is -7.08. The minimum Gasteiger partial charge on any atom is -0.287 e. The molecule has 0 saturated carbocycles. The molecular formula is C41H12BF22NO. The van der Waals surface area contributed by atoms with Crippen LogP contribution in [-0.2, 0) is 6.54 Å². The number of benzene rings is 6. The summed E-state index contributed by atoms with van der Waals surface area (Å²) in [7, 11) is 0. The molecule has 6 aromatic carbocycles. The Labute approximate surface area is 351 Å². The molecule has 0 spiro atoms. The van der Waals surface area contributed by atoms with Crippen molar-refractivity contribution in [1.82, 2.24) is 0 Å². The van der Waals surface area contributed by atoms with Crippen molar-refractivity contribution in [3.63, 3.8) is 0 Å². The number of ketones is 1. The van der Waals surface area contributed by atoms with Crippen molar-refractivity contribution >= 4 is 44.6 Å². The third-order valence-electron chi connectivity index (χ3n) is 10.1. The molecular weight excluding hydrogens is 951 g/mol. The molecule has 0 aliphatic rings. The minimum atomic E-state index is -7.22. The molecule has 0 unspecified atom stereocenters. The van der Waals surface area contributed by atoms with Gasteiger partial charge >= 0.3 is 11.9 Å². The topological polar surface area (TPSA) is 20.9 Å². The fourth-order valence-corrected chi connectivity index (χ4v) is 7.13. The molecule has 66 heavy (non-hydrogen) atoms. The number of pyridine rings is 1. The SMILES string of the molecule is Fc1c(F)c(F)c([B-](c2c(F)c(F)c(F)c(F)c2F)(c2c(F)c(F)c(F)c(F)c2F)c2c(F)c(F)c(F)c(F)c2F)c(F)c1F.O=C(C[n+]1c(F)cc2ccccc2c1F)c1ccccc1. The summed E-state index contributed by atoms with van der Waals surface area (Å²) >= 11 is 0. The van der Waals surface area contributed by atoms with Crippen molar-refractivity contribution in [2.75, 3.05) is 0 Å². The molecule has 0 radical (unpaired) electrons. The van der Waals surface area contributed by atoms with E-state index >= 15 is 35.1 Å². The van der Waals surface area contributed by atoms with Crippen molar-refractivity contribution in [2.24, 2.45) is 0 Å². The van der Waals surface area contributed by atoms with Crippen molar-refractivity contribution in [3.05, 3.63) is 194 Å². The van der Waals surface area contributed by atoms with Crippen LogP contribution in [0.5, 0.6) is 0 Å². The fourth-order valence-electron chi connectivity index (χ4n) is 7.13. The monoisotopic (exact) mass is 963 g/mol. The summed E-state index contributed by atoms with van der Waals surface area (Å²) in [4.78, 5) is 12.1. The number of aromatic nitrogens is 1.